The number of carbonyl (C=O) groups excluding carboxylic acids is 1. The molecule has 29 heavy (non-hydrogen) atoms. The van der Waals surface area contributed by atoms with Crippen molar-refractivity contribution in [3.05, 3.63) is 35.9 Å². The second-order valence-electron chi connectivity index (χ2n) is 7.74. The molecule has 0 bridgehead atoms. The molecule has 2 aromatic rings. The molecule has 1 aliphatic heterocycles. The molecule has 0 amide bonds. The van der Waals surface area contributed by atoms with Crippen molar-refractivity contribution in [2.45, 2.75) is 26.6 Å². The van der Waals surface area contributed by atoms with E-state index >= 15 is 0 Å². The number of carbonyl (C=O) groups is 1. The smallest absolute Gasteiger partial charge is 0.341 e. The third-order valence-corrected chi connectivity index (χ3v) is 5.09. The molecule has 0 N–H and O–H groups in total. The standard InChI is InChI=1S/C20H26N6O2Si/c1-5-28-18(27)17-14-23-20(24-15-17)26-9-7-25(8-10-26)19-21-12-16(13-22-19)6-11-29(2,3)4/h12-15H,5,7-10H2,1-4H3. The molecule has 0 aliphatic carbocycles. The Kier molecular flexibility index (Phi) is 6.44. The number of rotatable bonds is 4. The summed E-state index contributed by atoms with van der Waals surface area (Å²) in [4.78, 5) is 33.5. The van der Waals surface area contributed by atoms with E-state index in [9.17, 15) is 4.79 Å². The fourth-order valence-electron chi connectivity index (χ4n) is 2.72. The van der Waals surface area contributed by atoms with Gasteiger partial charge in [0, 0.05) is 51.0 Å². The maximum atomic E-state index is 11.7. The molecule has 9 heteroatoms. The average Bonchev–Trinajstić information content (AvgIpc) is 2.73. The molecule has 152 valence electrons. The number of aromatic nitrogens is 4. The summed E-state index contributed by atoms with van der Waals surface area (Å²) in [7, 11) is -1.41. The Morgan fingerprint density at radius 2 is 1.45 bits per heavy atom. The molecule has 3 rings (SSSR count). The second-order valence-corrected chi connectivity index (χ2v) is 12.5. The summed E-state index contributed by atoms with van der Waals surface area (Å²) >= 11 is 0. The molecular weight excluding hydrogens is 384 g/mol. The fraction of sp³-hybridized carbons (Fsp3) is 0.450. The first-order chi connectivity index (χ1) is 13.9. The molecular formula is C20H26N6O2Si. The van der Waals surface area contributed by atoms with Crippen molar-refractivity contribution in [2.75, 3.05) is 42.6 Å². The van der Waals surface area contributed by atoms with Crippen LogP contribution in [0.25, 0.3) is 0 Å². The first-order valence-corrected chi connectivity index (χ1v) is 13.2. The zero-order valence-electron chi connectivity index (χ0n) is 17.3. The SMILES string of the molecule is CCOC(=O)c1cnc(N2CCN(c3ncc(C#C[Si](C)(C)C)cn3)CC2)nc1. The van der Waals surface area contributed by atoms with Gasteiger partial charge in [-0.3, -0.25) is 0 Å². The Morgan fingerprint density at radius 1 is 0.966 bits per heavy atom. The summed E-state index contributed by atoms with van der Waals surface area (Å²) in [5.41, 5.74) is 4.54. The largest absolute Gasteiger partial charge is 0.462 e. The lowest BCUT2D eigenvalue weighted by Crippen LogP contribution is -2.47. The van der Waals surface area contributed by atoms with Gasteiger partial charge in [0.25, 0.3) is 0 Å². The topological polar surface area (TPSA) is 84.3 Å². The van der Waals surface area contributed by atoms with Gasteiger partial charge >= 0.3 is 5.97 Å². The van der Waals surface area contributed by atoms with Gasteiger partial charge < -0.3 is 14.5 Å². The Morgan fingerprint density at radius 3 is 1.90 bits per heavy atom. The maximum absolute atomic E-state index is 11.7. The first kappa shape index (κ1) is 20.7. The number of anilines is 2. The first-order valence-electron chi connectivity index (χ1n) is 9.70. The number of piperazine rings is 1. The van der Waals surface area contributed by atoms with Gasteiger partial charge in [0.2, 0.25) is 11.9 Å². The zero-order chi connectivity index (χ0) is 20.9. The molecule has 0 spiro atoms. The summed E-state index contributed by atoms with van der Waals surface area (Å²) in [6.07, 6.45) is 6.60. The van der Waals surface area contributed by atoms with Crippen molar-refractivity contribution >= 4 is 25.9 Å². The Balaban J connectivity index is 1.57. The molecule has 1 fully saturated rings. The number of ether oxygens (including phenoxy) is 1. The highest BCUT2D eigenvalue weighted by atomic mass is 28.3. The zero-order valence-corrected chi connectivity index (χ0v) is 18.3. The van der Waals surface area contributed by atoms with E-state index in [1.165, 1.54) is 12.4 Å². The normalized spacial score (nSPS) is 14.2. The van der Waals surface area contributed by atoms with Gasteiger partial charge in [0.1, 0.15) is 8.07 Å². The lowest BCUT2D eigenvalue weighted by molar-refractivity contribution is 0.0525. The van der Waals surface area contributed by atoms with Crippen LogP contribution in [-0.4, -0.2) is 66.8 Å². The van der Waals surface area contributed by atoms with E-state index in [-0.39, 0.29) is 0 Å². The van der Waals surface area contributed by atoms with E-state index in [2.05, 4.69) is 60.8 Å². The van der Waals surface area contributed by atoms with Crippen LogP contribution in [0.3, 0.4) is 0 Å². The van der Waals surface area contributed by atoms with Crippen LogP contribution in [0.4, 0.5) is 11.9 Å². The highest BCUT2D eigenvalue weighted by Gasteiger charge is 2.21. The van der Waals surface area contributed by atoms with Gasteiger partial charge in [-0.15, -0.1) is 5.54 Å². The van der Waals surface area contributed by atoms with Crippen molar-refractivity contribution < 1.29 is 9.53 Å². The molecule has 0 saturated carbocycles. The number of hydrogen-bond acceptors (Lipinski definition) is 8. The summed E-state index contributed by atoms with van der Waals surface area (Å²) in [5.74, 6) is 4.09. The quantitative estimate of drug-likeness (QED) is 0.430. The highest BCUT2D eigenvalue weighted by molar-refractivity contribution is 6.83. The lowest BCUT2D eigenvalue weighted by atomic mass is 10.3. The van der Waals surface area contributed by atoms with E-state index in [0.717, 1.165) is 31.7 Å². The molecule has 2 aromatic heterocycles. The molecule has 1 aliphatic rings. The van der Waals surface area contributed by atoms with E-state index in [1.54, 1.807) is 19.3 Å². The monoisotopic (exact) mass is 410 g/mol. The highest BCUT2D eigenvalue weighted by Crippen LogP contribution is 2.15. The van der Waals surface area contributed by atoms with Crippen molar-refractivity contribution in [1.29, 1.82) is 0 Å². The van der Waals surface area contributed by atoms with Crippen LogP contribution in [0.1, 0.15) is 22.8 Å². The summed E-state index contributed by atoms with van der Waals surface area (Å²) < 4.78 is 4.96. The van der Waals surface area contributed by atoms with E-state index in [0.29, 0.717) is 24.1 Å². The van der Waals surface area contributed by atoms with Crippen molar-refractivity contribution in [3.8, 4) is 11.5 Å². The number of esters is 1. The average molecular weight is 411 g/mol. The second kappa shape index (κ2) is 9.00. The van der Waals surface area contributed by atoms with Crippen molar-refractivity contribution in [2.24, 2.45) is 0 Å². The molecule has 1 saturated heterocycles. The fourth-order valence-corrected chi connectivity index (χ4v) is 3.24. The summed E-state index contributed by atoms with van der Waals surface area (Å²) in [6.45, 7) is 11.8. The van der Waals surface area contributed by atoms with Gasteiger partial charge in [0.05, 0.1) is 17.7 Å². The van der Waals surface area contributed by atoms with Gasteiger partial charge in [-0.2, -0.15) is 0 Å². The third-order valence-electron chi connectivity index (χ3n) is 4.21. The minimum atomic E-state index is -1.41. The summed E-state index contributed by atoms with van der Waals surface area (Å²) in [6, 6.07) is 0. The van der Waals surface area contributed by atoms with Gasteiger partial charge in [0.15, 0.2) is 0 Å². The molecule has 0 aromatic carbocycles. The minimum Gasteiger partial charge on any atom is -0.462 e. The van der Waals surface area contributed by atoms with Gasteiger partial charge in [-0.05, 0) is 6.92 Å². The van der Waals surface area contributed by atoms with E-state index in [4.69, 9.17) is 4.74 Å². The maximum Gasteiger partial charge on any atom is 0.341 e. The molecule has 0 unspecified atom stereocenters. The predicted octanol–water partition coefficient (Wildman–Crippen LogP) is 2.00. The van der Waals surface area contributed by atoms with Crippen molar-refractivity contribution in [3.63, 3.8) is 0 Å². The van der Waals surface area contributed by atoms with Gasteiger partial charge in [-0.1, -0.05) is 25.6 Å². The van der Waals surface area contributed by atoms with Crippen LogP contribution in [0.2, 0.25) is 19.6 Å². The van der Waals surface area contributed by atoms with Crippen LogP contribution >= 0.6 is 0 Å². The van der Waals surface area contributed by atoms with Crippen LogP contribution in [-0.2, 0) is 4.74 Å². The minimum absolute atomic E-state index is 0.330. The Hall–Kier alpha value is -2.99. The Bertz CT molecular complexity index is 892. The number of nitrogens with zero attached hydrogens (tertiary/aromatic N) is 6. The molecule has 3 heterocycles. The van der Waals surface area contributed by atoms with Crippen LogP contribution in [0.5, 0.6) is 0 Å². The van der Waals surface area contributed by atoms with Crippen LogP contribution < -0.4 is 9.80 Å². The van der Waals surface area contributed by atoms with E-state index < -0.39 is 14.0 Å². The Labute approximate surface area is 172 Å². The van der Waals surface area contributed by atoms with Crippen LogP contribution in [0.15, 0.2) is 24.8 Å². The lowest BCUT2D eigenvalue weighted by Gasteiger charge is -2.34. The third kappa shape index (κ3) is 5.74. The van der Waals surface area contributed by atoms with Crippen molar-refractivity contribution in [1.82, 2.24) is 19.9 Å². The predicted molar refractivity (Wildman–Crippen MR) is 115 cm³/mol. The van der Waals surface area contributed by atoms with Gasteiger partial charge in [-0.25, -0.2) is 24.7 Å². The van der Waals surface area contributed by atoms with Crippen LogP contribution in [0, 0.1) is 11.5 Å². The summed E-state index contributed by atoms with van der Waals surface area (Å²) in [5, 5.41) is 0. The number of hydrogen-bond donors (Lipinski definition) is 0. The molecule has 0 atom stereocenters. The molecule has 8 nitrogen and oxygen atoms in total. The molecule has 0 radical (unpaired) electrons. The van der Waals surface area contributed by atoms with E-state index in [1.807, 2.05) is 0 Å².